The zero-order valence-electron chi connectivity index (χ0n) is 13.5. The molecule has 0 spiro atoms. The van der Waals surface area contributed by atoms with Crippen LogP contribution in [-0.2, 0) is 4.79 Å². The van der Waals surface area contributed by atoms with Crippen LogP contribution in [0.2, 0.25) is 0 Å². The van der Waals surface area contributed by atoms with Gasteiger partial charge in [-0.2, -0.15) is 5.26 Å². The molecule has 1 atom stereocenters. The summed E-state index contributed by atoms with van der Waals surface area (Å²) in [5.74, 6) is 0.311. The highest BCUT2D eigenvalue weighted by Gasteiger charge is 2.12. The monoisotopic (exact) mass is 322 g/mol. The molecule has 0 fully saturated rings. The molecule has 24 heavy (non-hydrogen) atoms. The number of amides is 1. The van der Waals surface area contributed by atoms with Crippen molar-refractivity contribution >= 4 is 12.0 Å². The maximum atomic E-state index is 11.1. The van der Waals surface area contributed by atoms with Crippen LogP contribution in [0.1, 0.15) is 24.2 Å². The Morgan fingerprint density at radius 2 is 1.92 bits per heavy atom. The van der Waals surface area contributed by atoms with E-state index >= 15 is 0 Å². The largest absolute Gasteiger partial charge is 0.493 e. The van der Waals surface area contributed by atoms with Crippen LogP contribution in [0.5, 0.6) is 11.5 Å². The number of nitrogens with zero attached hydrogens (tertiary/aromatic N) is 1. The van der Waals surface area contributed by atoms with E-state index in [1.54, 1.807) is 24.3 Å². The standard InChI is InChI=1S/C19H18N2O3/c1-13(15-6-4-3-5-7-15)24-17-9-8-14(11-18(17)23-2)10-16(12-20)19(21)22/h3-11,13H,1-2H3,(H2,21,22)/b16-10+/t13-/m1/s1. The van der Waals surface area contributed by atoms with Crippen LogP contribution in [0.3, 0.4) is 0 Å². The zero-order chi connectivity index (χ0) is 17.5. The van der Waals surface area contributed by atoms with Gasteiger partial charge in [0.2, 0.25) is 0 Å². The van der Waals surface area contributed by atoms with Gasteiger partial charge in [-0.15, -0.1) is 0 Å². The lowest BCUT2D eigenvalue weighted by atomic mass is 10.1. The number of primary amides is 1. The van der Waals surface area contributed by atoms with Gasteiger partial charge in [-0.1, -0.05) is 36.4 Å². The fraction of sp³-hybridized carbons (Fsp3) is 0.158. The second-order valence-electron chi connectivity index (χ2n) is 5.12. The Bertz CT molecular complexity index is 792. The smallest absolute Gasteiger partial charge is 0.259 e. The van der Waals surface area contributed by atoms with Crippen molar-refractivity contribution < 1.29 is 14.3 Å². The Labute approximate surface area is 140 Å². The lowest BCUT2D eigenvalue weighted by molar-refractivity contribution is -0.114. The zero-order valence-corrected chi connectivity index (χ0v) is 13.5. The molecule has 0 saturated heterocycles. The molecule has 5 heteroatoms. The number of methoxy groups -OCH3 is 1. The summed E-state index contributed by atoms with van der Waals surface area (Å²) in [4.78, 5) is 11.1. The fourth-order valence-electron chi connectivity index (χ4n) is 2.18. The maximum Gasteiger partial charge on any atom is 0.259 e. The number of hydrogen-bond acceptors (Lipinski definition) is 4. The third kappa shape index (κ3) is 4.14. The van der Waals surface area contributed by atoms with Crippen molar-refractivity contribution in [2.24, 2.45) is 5.73 Å². The first-order valence-electron chi connectivity index (χ1n) is 7.36. The van der Waals surface area contributed by atoms with E-state index in [4.69, 9.17) is 20.5 Å². The van der Waals surface area contributed by atoms with Crippen LogP contribution >= 0.6 is 0 Å². The van der Waals surface area contributed by atoms with Gasteiger partial charge in [-0.05, 0) is 36.3 Å². The van der Waals surface area contributed by atoms with Crippen LogP contribution in [-0.4, -0.2) is 13.0 Å². The van der Waals surface area contributed by atoms with E-state index in [0.29, 0.717) is 17.1 Å². The number of nitrogens with two attached hydrogens (primary N) is 1. The maximum absolute atomic E-state index is 11.1. The van der Waals surface area contributed by atoms with E-state index in [9.17, 15) is 4.79 Å². The number of carbonyl (C=O) groups excluding carboxylic acids is 1. The summed E-state index contributed by atoms with van der Waals surface area (Å²) in [6.07, 6.45) is 1.26. The minimum atomic E-state index is -0.769. The van der Waals surface area contributed by atoms with Gasteiger partial charge in [-0.3, -0.25) is 4.79 Å². The minimum absolute atomic E-state index is 0.122. The minimum Gasteiger partial charge on any atom is -0.493 e. The van der Waals surface area contributed by atoms with Gasteiger partial charge >= 0.3 is 0 Å². The molecular formula is C19H18N2O3. The Morgan fingerprint density at radius 3 is 2.50 bits per heavy atom. The predicted octanol–water partition coefficient (Wildman–Crippen LogP) is 3.23. The van der Waals surface area contributed by atoms with Gasteiger partial charge in [0.05, 0.1) is 7.11 Å². The molecule has 0 aliphatic heterocycles. The fourth-order valence-corrected chi connectivity index (χ4v) is 2.18. The summed E-state index contributed by atoms with van der Waals surface area (Å²) in [5.41, 5.74) is 6.69. The number of nitriles is 1. The van der Waals surface area contributed by atoms with E-state index in [-0.39, 0.29) is 11.7 Å². The van der Waals surface area contributed by atoms with Crippen LogP contribution in [0.15, 0.2) is 54.1 Å². The van der Waals surface area contributed by atoms with Gasteiger partial charge in [0.1, 0.15) is 17.7 Å². The van der Waals surface area contributed by atoms with Crippen molar-refractivity contribution in [2.45, 2.75) is 13.0 Å². The van der Waals surface area contributed by atoms with Crippen molar-refractivity contribution in [1.82, 2.24) is 0 Å². The van der Waals surface area contributed by atoms with Gasteiger partial charge in [0.15, 0.2) is 11.5 Å². The summed E-state index contributed by atoms with van der Waals surface area (Å²) in [6.45, 7) is 1.95. The molecule has 0 saturated carbocycles. The molecule has 0 bridgehead atoms. The number of hydrogen-bond donors (Lipinski definition) is 1. The van der Waals surface area contributed by atoms with Crippen molar-refractivity contribution in [3.8, 4) is 17.6 Å². The van der Waals surface area contributed by atoms with Crippen LogP contribution < -0.4 is 15.2 Å². The quantitative estimate of drug-likeness (QED) is 0.653. The summed E-state index contributed by atoms with van der Waals surface area (Å²) < 4.78 is 11.3. The molecule has 2 aromatic rings. The molecule has 1 amide bonds. The molecule has 122 valence electrons. The molecule has 0 aromatic heterocycles. The highest BCUT2D eigenvalue weighted by molar-refractivity contribution is 6.00. The van der Waals surface area contributed by atoms with Crippen molar-refractivity contribution in [3.05, 3.63) is 65.2 Å². The third-order valence-corrected chi connectivity index (χ3v) is 3.46. The van der Waals surface area contributed by atoms with Gasteiger partial charge in [0.25, 0.3) is 5.91 Å². The SMILES string of the molecule is COc1cc(/C=C(\C#N)C(N)=O)ccc1O[C@H](C)c1ccccc1. The second-order valence-corrected chi connectivity index (χ2v) is 5.12. The van der Waals surface area contributed by atoms with Crippen molar-refractivity contribution in [2.75, 3.05) is 7.11 Å². The lowest BCUT2D eigenvalue weighted by Crippen LogP contribution is -2.12. The molecule has 2 aromatic carbocycles. The number of rotatable bonds is 6. The van der Waals surface area contributed by atoms with Crippen molar-refractivity contribution in [1.29, 1.82) is 5.26 Å². The normalized spacial score (nSPS) is 12.1. The Balaban J connectivity index is 2.27. The van der Waals surface area contributed by atoms with Gasteiger partial charge in [-0.25, -0.2) is 0 Å². The average molecular weight is 322 g/mol. The predicted molar refractivity (Wildman–Crippen MR) is 91.3 cm³/mol. The van der Waals surface area contributed by atoms with Gasteiger partial charge in [0, 0.05) is 0 Å². The van der Waals surface area contributed by atoms with E-state index in [1.807, 2.05) is 37.3 Å². The number of benzene rings is 2. The second kappa shape index (κ2) is 7.84. The summed E-state index contributed by atoms with van der Waals surface area (Å²) in [6, 6.07) is 16.8. The molecule has 0 unspecified atom stereocenters. The molecule has 2 rings (SSSR count). The Kier molecular flexibility index (Phi) is 5.58. The molecule has 0 radical (unpaired) electrons. The first-order valence-corrected chi connectivity index (χ1v) is 7.36. The molecule has 0 heterocycles. The number of carbonyl (C=O) groups is 1. The highest BCUT2D eigenvalue weighted by Crippen LogP contribution is 2.32. The molecule has 5 nitrogen and oxygen atoms in total. The van der Waals surface area contributed by atoms with E-state index < -0.39 is 5.91 Å². The third-order valence-electron chi connectivity index (χ3n) is 3.46. The number of ether oxygens (including phenoxy) is 2. The topological polar surface area (TPSA) is 85.3 Å². The average Bonchev–Trinajstić information content (AvgIpc) is 2.61. The first-order chi connectivity index (χ1) is 11.5. The first kappa shape index (κ1) is 17.1. The summed E-state index contributed by atoms with van der Waals surface area (Å²) in [7, 11) is 1.53. The molecule has 0 aliphatic rings. The van der Waals surface area contributed by atoms with E-state index in [2.05, 4.69) is 0 Å². The molecule has 0 aliphatic carbocycles. The Hall–Kier alpha value is -3.26. The van der Waals surface area contributed by atoms with Crippen LogP contribution in [0.4, 0.5) is 0 Å². The highest BCUT2D eigenvalue weighted by atomic mass is 16.5. The lowest BCUT2D eigenvalue weighted by Gasteiger charge is -2.17. The summed E-state index contributed by atoms with van der Waals surface area (Å²) >= 11 is 0. The van der Waals surface area contributed by atoms with Crippen LogP contribution in [0.25, 0.3) is 6.08 Å². The molecular weight excluding hydrogens is 304 g/mol. The molecule has 2 N–H and O–H groups in total. The van der Waals surface area contributed by atoms with E-state index in [1.165, 1.54) is 13.2 Å². The summed E-state index contributed by atoms with van der Waals surface area (Å²) in [5, 5.41) is 8.91. The van der Waals surface area contributed by atoms with Crippen molar-refractivity contribution in [3.63, 3.8) is 0 Å². The Morgan fingerprint density at radius 1 is 1.21 bits per heavy atom. The van der Waals surface area contributed by atoms with E-state index in [0.717, 1.165) is 5.56 Å². The van der Waals surface area contributed by atoms with Crippen LogP contribution in [0, 0.1) is 11.3 Å². The van der Waals surface area contributed by atoms with Gasteiger partial charge < -0.3 is 15.2 Å².